The molecule has 1 amide bonds. The van der Waals surface area contributed by atoms with Gasteiger partial charge in [0.1, 0.15) is 16.4 Å². The fourth-order valence-electron chi connectivity index (χ4n) is 4.31. The highest BCUT2D eigenvalue weighted by Crippen LogP contribution is 2.37. The minimum absolute atomic E-state index is 0.0233. The van der Waals surface area contributed by atoms with E-state index in [1.54, 1.807) is 59.4 Å². The molecule has 2 aromatic heterocycles. The van der Waals surface area contributed by atoms with Gasteiger partial charge in [0.2, 0.25) is 5.91 Å². The van der Waals surface area contributed by atoms with Crippen LogP contribution in [0.5, 0.6) is 5.75 Å². The average molecular weight is 510 g/mol. The van der Waals surface area contributed by atoms with Crippen LogP contribution in [0.1, 0.15) is 23.8 Å². The summed E-state index contributed by atoms with van der Waals surface area (Å²) in [4.78, 5) is 33.2. The number of aryl methyl sites for hydroxylation is 1. The smallest absolute Gasteiger partial charge is 0.267 e. The van der Waals surface area contributed by atoms with Crippen LogP contribution in [0.2, 0.25) is 0 Å². The molecular formula is C26H24FN3O3S2. The van der Waals surface area contributed by atoms with Crippen molar-refractivity contribution in [3.8, 4) is 11.4 Å². The summed E-state index contributed by atoms with van der Waals surface area (Å²) in [6, 6.07) is 13.2. The maximum absolute atomic E-state index is 13.9. The minimum atomic E-state index is -0.501. The first-order valence-electron chi connectivity index (χ1n) is 11.3. The van der Waals surface area contributed by atoms with Gasteiger partial charge in [-0.05, 0) is 67.1 Å². The molecule has 0 spiro atoms. The number of carbonyl (C=O) groups is 1. The van der Waals surface area contributed by atoms with Crippen molar-refractivity contribution in [3.63, 3.8) is 0 Å². The third kappa shape index (κ3) is 4.70. The predicted octanol–water partition coefficient (Wildman–Crippen LogP) is 5.45. The van der Waals surface area contributed by atoms with E-state index in [9.17, 15) is 14.0 Å². The Bertz CT molecular complexity index is 1460. The molecule has 0 fully saturated rings. The summed E-state index contributed by atoms with van der Waals surface area (Å²) in [5.74, 6) is 0.352. The van der Waals surface area contributed by atoms with E-state index in [0.29, 0.717) is 32.7 Å². The van der Waals surface area contributed by atoms with Gasteiger partial charge in [0.05, 0.1) is 29.6 Å². The lowest BCUT2D eigenvalue weighted by Gasteiger charge is -2.18. The topological polar surface area (TPSA) is 73.2 Å². The molecule has 180 valence electrons. The molecule has 5 rings (SSSR count). The van der Waals surface area contributed by atoms with E-state index in [4.69, 9.17) is 9.72 Å². The van der Waals surface area contributed by atoms with E-state index in [1.807, 2.05) is 0 Å². The molecule has 0 saturated heterocycles. The van der Waals surface area contributed by atoms with Crippen molar-refractivity contribution in [1.82, 2.24) is 9.55 Å². The molecule has 0 radical (unpaired) electrons. The van der Waals surface area contributed by atoms with Crippen molar-refractivity contribution in [2.75, 3.05) is 18.2 Å². The molecular weight excluding hydrogens is 485 g/mol. The van der Waals surface area contributed by atoms with E-state index < -0.39 is 5.82 Å². The zero-order valence-corrected chi connectivity index (χ0v) is 21.0. The largest absolute Gasteiger partial charge is 0.497 e. The molecule has 1 aliphatic carbocycles. The van der Waals surface area contributed by atoms with Crippen LogP contribution in [-0.2, 0) is 17.6 Å². The molecule has 1 aliphatic rings. The Kier molecular flexibility index (Phi) is 6.62. The molecule has 0 saturated carbocycles. The summed E-state index contributed by atoms with van der Waals surface area (Å²) >= 11 is 2.73. The van der Waals surface area contributed by atoms with Gasteiger partial charge in [0.25, 0.3) is 5.56 Å². The zero-order valence-electron chi connectivity index (χ0n) is 19.3. The van der Waals surface area contributed by atoms with Gasteiger partial charge in [0.15, 0.2) is 5.16 Å². The van der Waals surface area contributed by atoms with Crippen molar-refractivity contribution < 1.29 is 13.9 Å². The number of thiophene rings is 1. The fourth-order valence-corrected chi connectivity index (χ4v) is 6.54. The van der Waals surface area contributed by atoms with E-state index in [1.165, 1.54) is 17.0 Å². The van der Waals surface area contributed by atoms with Gasteiger partial charge in [-0.3, -0.25) is 14.2 Å². The first kappa shape index (κ1) is 23.6. The molecule has 1 unspecified atom stereocenters. The van der Waals surface area contributed by atoms with Crippen LogP contribution < -0.4 is 15.6 Å². The predicted molar refractivity (Wildman–Crippen MR) is 139 cm³/mol. The molecule has 2 aromatic carbocycles. The molecule has 0 aliphatic heterocycles. The van der Waals surface area contributed by atoms with Crippen molar-refractivity contribution >= 4 is 44.9 Å². The second-order valence-electron chi connectivity index (χ2n) is 8.58. The number of thioether (sulfide) groups is 1. The number of fused-ring (bicyclic) bond motifs is 3. The third-order valence-electron chi connectivity index (χ3n) is 6.11. The number of anilines is 1. The molecule has 1 atom stereocenters. The molecule has 4 aromatic rings. The number of rotatable bonds is 6. The van der Waals surface area contributed by atoms with E-state index >= 15 is 0 Å². The summed E-state index contributed by atoms with van der Waals surface area (Å²) in [7, 11) is 1.59. The number of benzene rings is 2. The standard InChI is InChI=1S/C26H24FN3O3S2/c1-15-7-12-18-21(13-15)35-24-23(18)25(32)30(16-8-10-17(33-2)11-9-16)26(29-24)34-14-22(31)28-20-6-4-3-5-19(20)27/h3-6,8-11,15H,7,12-14H2,1-2H3,(H,28,31). The van der Waals surface area contributed by atoms with Crippen LogP contribution >= 0.6 is 23.1 Å². The Morgan fingerprint density at radius 2 is 2.03 bits per heavy atom. The maximum Gasteiger partial charge on any atom is 0.267 e. The van der Waals surface area contributed by atoms with Crippen LogP contribution in [0.25, 0.3) is 15.9 Å². The normalized spacial score (nSPS) is 15.1. The molecule has 1 N–H and O–H groups in total. The number of halogens is 1. The van der Waals surface area contributed by atoms with Gasteiger partial charge in [-0.15, -0.1) is 11.3 Å². The molecule has 9 heteroatoms. The monoisotopic (exact) mass is 509 g/mol. The molecule has 35 heavy (non-hydrogen) atoms. The van der Waals surface area contributed by atoms with Crippen LogP contribution in [0.15, 0.2) is 58.5 Å². The summed E-state index contributed by atoms with van der Waals surface area (Å²) in [5.41, 5.74) is 1.74. The van der Waals surface area contributed by atoms with Gasteiger partial charge >= 0.3 is 0 Å². The number of hydrogen-bond donors (Lipinski definition) is 1. The third-order valence-corrected chi connectivity index (χ3v) is 8.20. The SMILES string of the molecule is COc1ccc(-n2c(SCC(=O)Nc3ccccc3F)nc3sc4c(c3c2=O)CCC(C)C4)cc1. The van der Waals surface area contributed by atoms with Gasteiger partial charge in [-0.25, -0.2) is 9.37 Å². The second kappa shape index (κ2) is 9.83. The van der Waals surface area contributed by atoms with Crippen molar-refractivity contribution in [2.24, 2.45) is 5.92 Å². The van der Waals surface area contributed by atoms with Crippen molar-refractivity contribution in [2.45, 2.75) is 31.3 Å². The molecule has 2 heterocycles. The summed E-state index contributed by atoms with van der Waals surface area (Å²) in [5, 5.41) is 3.68. The summed E-state index contributed by atoms with van der Waals surface area (Å²) in [6.07, 6.45) is 2.87. The molecule has 0 bridgehead atoms. The Balaban J connectivity index is 1.54. The Morgan fingerprint density at radius 3 is 2.77 bits per heavy atom. The number of carbonyl (C=O) groups excluding carboxylic acids is 1. The van der Waals surface area contributed by atoms with Crippen molar-refractivity contribution in [1.29, 1.82) is 0 Å². The Hall–Kier alpha value is -3.17. The number of para-hydroxylation sites is 1. The van der Waals surface area contributed by atoms with E-state index in [-0.39, 0.29) is 22.9 Å². The fraction of sp³-hybridized carbons (Fsp3) is 0.269. The number of nitrogens with zero attached hydrogens (tertiary/aromatic N) is 2. The number of nitrogens with one attached hydrogen (secondary N) is 1. The lowest BCUT2D eigenvalue weighted by atomic mass is 9.89. The van der Waals surface area contributed by atoms with E-state index in [0.717, 1.165) is 36.6 Å². The molecule has 6 nitrogen and oxygen atoms in total. The number of hydrogen-bond acceptors (Lipinski definition) is 6. The zero-order chi connectivity index (χ0) is 24.5. The van der Waals surface area contributed by atoms with Crippen LogP contribution in [-0.4, -0.2) is 28.3 Å². The second-order valence-corrected chi connectivity index (χ2v) is 10.6. The summed E-state index contributed by atoms with van der Waals surface area (Å²) < 4.78 is 20.8. The first-order chi connectivity index (χ1) is 16.9. The van der Waals surface area contributed by atoms with Crippen LogP contribution in [0, 0.1) is 11.7 Å². The van der Waals surface area contributed by atoms with Crippen LogP contribution in [0.4, 0.5) is 10.1 Å². The maximum atomic E-state index is 13.9. The van der Waals surface area contributed by atoms with Gasteiger partial charge < -0.3 is 10.1 Å². The highest BCUT2D eigenvalue weighted by Gasteiger charge is 2.25. The highest BCUT2D eigenvalue weighted by atomic mass is 32.2. The van der Waals surface area contributed by atoms with Crippen molar-refractivity contribution in [3.05, 3.63) is 75.1 Å². The van der Waals surface area contributed by atoms with E-state index in [2.05, 4.69) is 12.2 Å². The average Bonchev–Trinajstić information content (AvgIpc) is 3.22. The number of methoxy groups -OCH3 is 1. The highest BCUT2D eigenvalue weighted by molar-refractivity contribution is 7.99. The van der Waals surface area contributed by atoms with Crippen LogP contribution in [0.3, 0.4) is 0 Å². The lowest BCUT2D eigenvalue weighted by molar-refractivity contribution is -0.113. The van der Waals surface area contributed by atoms with Gasteiger partial charge in [-0.2, -0.15) is 0 Å². The minimum Gasteiger partial charge on any atom is -0.497 e. The summed E-state index contributed by atoms with van der Waals surface area (Å²) in [6.45, 7) is 2.23. The van der Waals surface area contributed by atoms with Gasteiger partial charge in [0, 0.05) is 4.88 Å². The number of amides is 1. The quantitative estimate of drug-likeness (QED) is 0.276. The number of aromatic nitrogens is 2. The Morgan fingerprint density at radius 1 is 1.26 bits per heavy atom. The lowest BCUT2D eigenvalue weighted by Crippen LogP contribution is -2.23. The number of ether oxygens (including phenoxy) is 1. The first-order valence-corrected chi connectivity index (χ1v) is 13.1. The Labute approximate surface area is 210 Å². The van der Waals surface area contributed by atoms with Gasteiger partial charge in [-0.1, -0.05) is 30.8 Å².